The number of halogens is 1. The topological polar surface area (TPSA) is 60.4 Å². The van der Waals surface area contributed by atoms with Gasteiger partial charge in [0.05, 0.1) is 6.61 Å². The van der Waals surface area contributed by atoms with Crippen LogP contribution in [0.3, 0.4) is 0 Å². The van der Waals surface area contributed by atoms with Crippen molar-refractivity contribution in [1.29, 1.82) is 0 Å². The van der Waals surface area contributed by atoms with E-state index in [1.54, 1.807) is 12.0 Å². The lowest BCUT2D eigenvalue weighted by atomic mass is 10.4. The second-order valence-electron chi connectivity index (χ2n) is 3.47. The van der Waals surface area contributed by atoms with Crippen LogP contribution in [0.4, 0.5) is 5.95 Å². The first kappa shape index (κ1) is 12.9. The summed E-state index contributed by atoms with van der Waals surface area (Å²) in [5.74, 6) is 0.458. The van der Waals surface area contributed by atoms with Crippen LogP contribution in [0.5, 0.6) is 6.01 Å². The molecular weight excluding hydrogens is 232 g/mol. The zero-order valence-corrected chi connectivity index (χ0v) is 10.5. The van der Waals surface area contributed by atoms with E-state index in [4.69, 9.17) is 21.1 Å². The van der Waals surface area contributed by atoms with Crippen molar-refractivity contribution < 1.29 is 9.47 Å². The first-order valence-electron chi connectivity index (χ1n) is 4.77. The van der Waals surface area contributed by atoms with Crippen LogP contribution < -0.4 is 9.64 Å². The molecule has 0 N–H and O–H groups in total. The van der Waals surface area contributed by atoms with E-state index in [1.165, 1.54) is 0 Å². The molecule has 1 atom stereocenters. The lowest BCUT2D eigenvalue weighted by molar-refractivity contribution is 0.0854. The third kappa shape index (κ3) is 3.79. The van der Waals surface area contributed by atoms with E-state index in [1.807, 2.05) is 21.0 Å². The molecule has 0 aliphatic carbocycles. The Morgan fingerprint density at radius 1 is 1.31 bits per heavy atom. The van der Waals surface area contributed by atoms with Gasteiger partial charge in [-0.2, -0.15) is 15.0 Å². The first-order chi connectivity index (χ1) is 7.52. The summed E-state index contributed by atoms with van der Waals surface area (Å²) in [5.41, 5.74) is 0. The number of ether oxygens (including phenoxy) is 2. The average Bonchev–Trinajstić information content (AvgIpc) is 2.16. The van der Waals surface area contributed by atoms with E-state index in [0.717, 1.165) is 0 Å². The van der Waals surface area contributed by atoms with Crippen LogP contribution in [0.2, 0.25) is 5.28 Å². The van der Waals surface area contributed by atoms with Crippen molar-refractivity contribution in [2.45, 2.75) is 13.0 Å². The zero-order chi connectivity index (χ0) is 12.1. The maximum atomic E-state index is 5.75. The quantitative estimate of drug-likeness (QED) is 0.773. The molecule has 0 aromatic carbocycles. The van der Waals surface area contributed by atoms with Gasteiger partial charge in [0.25, 0.3) is 0 Å². The molecule has 0 fully saturated rings. The van der Waals surface area contributed by atoms with Gasteiger partial charge in [0.15, 0.2) is 0 Å². The van der Waals surface area contributed by atoms with Gasteiger partial charge in [0.2, 0.25) is 11.2 Å². The van der Waals surface area contributed by atoms with Gasteiger partial charge >= 0.3 is 6.01 Å². The minimum absolute atomic E-state index is 0.110. The molecule has 16 heavy (non-hydrogen) atoms. The highest BCUT2D eigenvalue weighted by atomic mass is 35.5. The normalized spacial score (nSPS) is 12.3. The monoisotopic (exact) mass is 246 g/mol. The molecule has 0 spiro atoms. The van der Waals surface area contributed by atoms with Crippen LogP contribution in [0, 0.1) is 0 Å². The second kappa shape index (κ2) is 5.81. The second-order valence-corrected chi connectivity index (χ2v) is 3.80. The van der Waals surface area contributed by atoms with Crippen LogP contribution in [0.1, 0.15) is 6.92 Å². The van der Waals surface area contributed by atoms with Crippen LogP contribution in [-0.2, 0) is 4.74 Å². The van der Waals surface area contributed by atoms with E-state index in [2.05, 4.69) is 15.0 Å². The van der Waals surface area contributed by atoms with Crippen molar-refractivity contribution in [3.8, 4) is 6.01 Å². The number of aromatic nitrogens is 3. The third-order valence-electron chi connectivity index (χ3n) is 1.68. The fraction of sp³-hybridized carbons (Fsp3) is 0.667. The Kier molecular flexibility index (Phi) is 4.70. The summed E-state index contributed by atoms with van der Waals surface area (Å²) in [6.45, 7) is 2.32. The number of methoxy groups -OCH3 is 1. The van der Waals surface area contributed by atoms with Crippen LogP contribution >= 0.6 is 11.6 Å². The number of rotatable bonds is 5. The lowest BCUT2D eigenvalue weighted by Crippen LogP contribution is -2.21. The number of hydrogen-bond acceptors (Lipinski definition) is 6. The van der Waals surface area contributed by atoms with E-state index < -0.39 is 0 Å². The van der Waals surface area contributed by atoms with E-state index in [-0.39, 0.29) is 17.4 Å². The fourth-order valence-electron chi connectivity index (χ4n) is 1.02. The van der Waals surface area contributed by atoms with Crippen molar-refractivity contribution >= 4 is 17.5 Å². The molecule has 0 aliphatic rings. The maximum Gasteiger partial charge on any atom is 0.322 e. The molecule has 0 amide bonds. The summed E-state index contributed by atoms with van der Waals surface area (Å²) in [4.78, 5) is 13.6. The summed E-state index contributed by atoms with van der Waals surface area (Å²) < 4.78 is 10.4. The Labute approximate surface area is 99.6 Å². The van der Waals surface area contributed by atoms with Crippen LogP contribution in [0.25, 0.3) is 0 Å². The molecule has 0 radical (unpaired) electrons. The predicted molar refractivity (Wildman–Crippen MR) is 61.1 cm³/mol. The van der Waals surface area contributed by atoms with Gasteiger partial charge in [-0.05, 0) is 18.5 Å². The summed E-state index contributed by atoms with van der Waals surface area (Å²) in [5, 5.41) is 0.110. The van der Waals surface area contributed by atoms with Crippen molar-refractivity contribution in [3.05, 3.63) is 5.28 Å². The van der Waals surface area contributed by atoms with Crippen LogP contribution in [0.15, 0.2) is 0 Å². The molecule has 1 aromatic heterocycles. The largest absolute Gasteiger partial charge is 0.458 e. The van der Waals surface area contributed by atoms with Gasteiger partial charge in [0, 0.05) is 21.2 Å². The van der Waals surface area contributed by atoms with Crippen LogP contribution in [-0.4, -0.2) is 48.9 Å². The predicted octanol–water partition coefficient (Wildman–Crippen LogP) is 1.00. The average molecular weight is 247 g/mol. The summed E-state index contributed by atoms with van der Waals surface area (Å²) in [6, 6.07) is 0.202. The van der Waals surface area contributed by atoms with Gasteiger partial charge in [-0.3, -0.25) is 0 Å². The molecule has 0 saturated heterocycles. The van der Waals surface area contributed by atoms with Crippen molar-refractivity contribution in [3.63, 3.8) is 0 Å². The lowest BCUT2D eigenvalue weighted by Gasteiger charge is -2.14. The maximum absolute atomic E-state index is 5.75. The van der Waals surface area contributed by atoms with Gasteiger partial charge < -0.3 is 14.4 Å². The first-order valence-corrected chi connectivity index (χ1v) is 5.15. The van der Waals surface area contributed by atoms with Gasteiger partial charge in [0.1, 0.15) is 6.10 Å². The number of anilines is 1. The summed E-state index contributed by atoms with van der Waals surface area (Å²) in [6.07, 6.45) is -0.140. The molecule has 1 heterocycles. The third-order valence-corrected chi connectivity index (χ3v) is 1.85. The minimum Gasteiger partial charge on any atom is -0.458 e. The van der Waals surface area contributed by atoms with Crippen molar-refractivity contribution in [2.75, 3.05) is 32.7 Å². The Hall–Kier alpha value is -1.14. The van der Waals surface area contributed by atoms with Crippen molar-refractivity contribution in [2.24, 2.45) is 0 Å². The molecule has 7 heteroatoms. The minimum atomic E-state index is -0.140. The highest BCUT2D eigenvalue weighted by Gasteiger charge is 2.10. The van der Waals surface area contributed by atoms with Crippen molar-refractivity contribution in [1.82, 2.24) is 15.0 Å². The van der Waals surface area contributed by atoms with E-state index >= 15 is 0 Å². The zero-order valence-electron chi connectivity index (χ0n) is 9.77. The van der Waals surface area contributed by atoms with E-state index in [9.17, 15) is 0 Å². The number of nitrogens with zero attached hydrogens (tertiary/aromatic N) is 4. The molecule has 1 aromatic rings. The Bertz CT molecular complexity index is 348. The molecular formula is C9H15ClN4O2. The van der Waals surface area contributed by atoms with E-state index in [0.29, 0.717) is 12.6 Å². The standard InChI is InChI=1S/C9H15ClN4O2/c1-6(5-15-4)16-9-12-7(10)11-8(13-9)14(2)3/h6H,5H2,1-4H3. The molecule has 0 aliphatic heterocycles. The smallest absolute Gasteiger partial charge is 0.322 e. The Morgan fingerprint density at radius 3 is 2.56 bits per heavy atom. The number of hydrogen-bond donors (Lipinski definition) is 0. The Morgan fingerprint density at radius 2 is 2.00 bits per heavy atom. The summed E-state index contributed by atoms with van der Waals surface area (Å²) in [7, 11) is 5.23. The van der Waals surface area contributed by atoms with Gasteiger partial charge in [-0.1, -0.05) is 0 Å². The fourth-order valence-corrected chi connectivity index (χ4v) is 1.17. The molecule has 90 valence electrons. The highest BCUT2D eigenvalue weighted by molar-refractivity contribution is 6.28. The molecule has 1 rings (SSSR count). The molecule has 6 nitrogen and oxygen atoms in total. The summed E-state index contributed by atoms with van der Waals surface area (Å²) >= 11 is 5.75. The molecule has 0 saturated carbocycles. The van der Waals surface area contributed by atoms with Gasteiger partial charge in [-0.15, -0.1) is 0 Å². The SMILES string of the molecule is COCC(C)Oc1nc(Cl)nc(N(C)C)n1. The Balaban J connectivity index is 2.80. The molecule has 0 bridgehead atoms. The molecule has 1 unspecified atom stereocenters. The highest BCUT2D eigenvalue weighted by Crippen LogP contribution is 2.14. The van der Waals surface area contributed by atoms with Gasteiger partial charge in [-0.25, -0.2) is 0 Å².